The van der Waals surface area contributed by atoms with Gasteiger partial charge in [-0.2, -0.15) is 0 Å². The molecule has 0 fully saturated rings. The van der Waals surface area contributed by atoms with Crippen LogP contribution in [0.15, 0.2) is 18.2 Å². The molecule has 1 aliphatic rings. The maximum absolute atomic E-state index is 11.5. The van der Waals surface area contributed by atoms with Crippen LogP contribution in [0.5, 0.6) is 5.75 Å². The summed E-state index contributed by atoms with van der Waals surface area (Å²) in [5.74, 6) is 0.352. The maximum atomic E-state index is 11.5. The second-order valence-electron chi connectivity index (χ2n) is 4.04. The summed E-state index contributed by atoms with van der Waals surface area (Å²) in [4.78, 5) is 13.0. The van der Waals surface area contributed by atoms with Gasteiger partial charge in [-0.15, -0.1) is 0 Å². The fourth-order valence-electron chi connectivity index (χ4n) is 1.71. The van der Waals surface area contributed by atoms with Gasteiger partial charge in [-0.3, -0.25) is 4.79 Å². The lowest BCUT2D eigenvalue weighted by molar-refractivity contribution is -0.120. The Hall–Kier alpha value is -1.27. The van der Waals surface area contributed by atoms with Crippen molar-refractivity contribution in [3.8, 4) is 5.75 Å². The smallest absolute Gasteiger partial charge is 0.264 e. The minimum Gasteiger partial charge on any atom is -0.482 e. The lowest BCUT2D eigenvalue weighted by Gasteiger charge is -2.26. The minimum absolute atomic E-state index is 0.0267. The van der Waals surface area contributed by atoms with E-state index in [-0.39, 0.29) is 18.3 Å². The molecule has 2 rings (SSSR count). The van der Waals surface area contributed by atoms with Crippen molar-refractivity contribution in [2.24, 2.45) is 0 Å². The third kappa shape index (κ3) is 2.94. The summed E-state index contributed by atoms with van der Waals surface area (Å²) >= 11 is 0. The molecule has 1 amide bonds. The Kier molecular flexibility index (Phi) is 3.49. The molecule has 0 bridgehead atoms. The highest BCUT2D eigenvalue weighted by Gasteiger charge is 2.22. The second kappa shape index (κ2) is 4.78. The molecule has 1 heterocycles. The third-order valence-corrected chi connectivity index (χ3v) is 3.90. The van der Waals surface area contributed by atoms with Gasteiger partial charge in [0.1, 0.15) is 5.75 Å². The van der Waals surface area contributed by atoms with Crippen LogP contribution < -0.4 is 9.64 Å². The number of benzene rings is 1. The molecule has 1 aliphatic heterocycles. The number of rotatable bonds is 3. The molecule has 0 unspecified atom stereocenters. The molecule has 0 atom stereocenters. The van der Waals surface area contributed by atoms with Crippen LogP contribution in [0.1, 0.15) is 5.56 Å². The van der Waals surface area contributed by atoms with Gasteiger partial charge in [0.05, 0.1) is 11.4 Å². The standard InChI is InChI=1S/C11H12ClNO4S/c1-13-9-6-8(4-5-18(12,15)16)2-3-10(9)17-7-11(13)14/h2-3,6H,4-5,7H2,1H3. The van der Waals surface area contributed by atoms with E-state index in [1.165, 1.54) is 4.90 Å². The number of likely N-dealkylation sites (N-methyl/N-ethyl adjacent to an activating group) is 1. The van der Waals surface area contributed by atoms with Crippen LogP contribution in [0.3, 0.4) is 0 Å². The van der Waals surface area contributed by atoms with E-state index < -0.39 is 9.05 Å². The van der Waals surface area contributed by atoms with E-state index in [0.29, 0.717) is 17.9 Å². The van der Waals surface area contributed by atoms with Crippen LogP contribution in [-0.4, -0.2) is 33.7 Å². The lowest BCUT2D eigenvalue weighted by Crippen LogP contribution is -2.35. The molecule has 98 valence electrons. The summed E-state index contributed by atoms with van der Waals surface area (Å²) in [6.07, 6.45) is 0.307. The number of carbonyl (C=O) groups is 1. The Morgan fingerprint density at radius 3 is 2.83 bits per heavy atom. The summed E-state index contributed by atoms with van der Waals surface area (Å²) in [5, 5.41) is 0. The fraction of sp³-hybridized carbons (Fsp3) is 0.364. The number of amides is 1. The van der Waals surface area contributed by atoms with Gasteiger partial charge in [-0.25, -0.2) is 8.42 Å². The molecule has 1 aromatic rings. The number of hydrogen-bond acceptors (Lipinski definition) is 4. The summed E-state index contributed by atoms with van der Waals surface area (Å²) in [6.45, 7) is 0.0267. The van der Waals surface area contributed by atoms with Crippen LogP contribution in [0.2, 0.25) is 0 Å². The van der Waals surface area contributed by atoms with Gasteiger partial charge in [0.25, 0.3) is 5.91 Å². The summed E-state index contributed by atoms with van der Waals surface area (Å²) in [7, 11) is 3.31. The Morgan fingerprint density at radius 1 is 1.44 bits per heavy atom. The van der Waals surface area contributed by atoms with Crippen LogP contribution >= 0.6 is 10.7 Å². The number of halogens is 1. The SMILES string of the molecule is CN1C(=O)COc2ccc(CCS(=O)(=O)Cl)cc21. The van der Waals surface area contributed by atoms with E-state index in [1.54, 1.807) is 25.2 Å². The summed E-state index contributed by atoms with van der Waals surface area (Å²) in [5.41, 5.74) is 1.44. The van der Waals surface area contributed by atoms with Crippen LogP contribution in [0, 0.1) is 0 Å². The predicted molar refractivity (Wildman–Crippen MR) is 68.7 cm³/mol. The monoisotopic (exact) mass is 289 g/mol. The van der Waals surface area contributed by atoms with Crippen molar-refractivity contribution in [2.75, 3.05) is 24.3 Å². The number of fused-ring (bicyclic) bond motifs is 1. The number of nitrogens with zero attached hydrogens (tertiary/aromatic N) is 1. The predicted octanol–water partition coefficient (Wildman–Crippen LogP) is 1.15. The fourth-order valence-corrected chi connectivity index (χ4v) is 2.42. The van der Waals surface area contributed by atoms with Gasteiger partial charge < -0.3 is 9.64 Å². The molecule has 1 aromatic carbocycles. The molecule has 0 N–H and O–H groups in total. The zero-order valence-corrected chi connectivity index (χ0v) is 11.3. The topological polar surface area (TPSA) is 63.7 Å². The van der Waals surface area contributed by atoms with Gasteiger partial charge in [0, 0.05) is 17.7 Å². The normalized spacial score (nSPS) is 15.2. The Morgan fingerprint density at radius 2 is 2.17 bits per heavy atom. The van der Waals surface area contributed by atoms with Gasteiger partial charge >= 0.3 is 0 Å². The van der Waals surface area contributed by atoms with E-state index in [4.69, 9.17) is 15.4 Å². The molecule has 0 saturated carbocycles. The van der Waals surface area contributed by atoms with Gasteiger partial charge in [-0.1, -0.05) is 6.07 Å². The van der Waals surface area contributed by atoms with Gasteiger partial charge in [0.15, 0.2) is 6.61 Å². The molecule has 0 saturated heterocycles. The first-order valence-electron chi connectivity index (χ1n) is 5.31. The van der Waals surface area contributed by atoms with Crippen LogP contribution in [-0.2, 0) is 20.3 Å². The number of aryl methyl sites for hydroxylation is 1. The number of hydrogen-bond donors (Lipinski definition) is 0. The molecule has 5 nitrogen and oxygen atoms in total. The zero-order valence-electron chi connectivity index (χ0n) is 9.72. The first-order valence-corrected chi connectivity index (χ1v) is 7.79. The highest BCUT2D eigenvalue weighted by atomic mass is 35.7. The Labute approximate surface area is 110 Å². The largest absolute Gasteiger partial charge is 0.482 e. The van der Waals surface area contributed by atoms with Crippen molar-refractivity contribution in [3.05, 3.63) is 23.8 Å². The van der Waals surface area contributed by atoms with Crippen molar-refractivity contribution >= 4 is 31.3 Å². The van der Waals surface area contributed by atoms with E-state index in [9.17, 15) is 13.2 Å². The van der Waals surface area contributed by atoms with Crippen LogP contribution in [0.4, 0.5) is 5.69 Å². The van der Waals surface area contributed by atoms with Crippen molar-refractivity contribution in [1.29, 1.82) is 0 Å². The zero-order chi connectivity index (χ0) is 13.3. The van der Waals surface area contributed by atoms with Gasteiger partial charge in [0.2, 0.25) is 9.05 Å². The van der Waals surface area contributed by atoms with Gasteiger partial charge in [-0.05, 0) is 24.1 Å². The molecule has 18 heavy (non-hydrogen) atoms. The quantitative estimate of drug-likeness (QED) is 0.783. The number of ether oxygens (including phenoxy) is 1. The lowest BCUT2D eigenvalue weighted by atomic mass is 10.1. The van der Waals surface area contributed by atoms with E-state index in [1.807, 2.05) is 0 Å². The molecule has 0 radical (unpaired) electrons. The molecular weight excluding hydrogens is 278 g/mol. The molecule has 0 spiro atoms. The van der Waals surface area contributed by atoms with Crippen molar-refractivity contribution in [2.45, 2.75) is 6.42 Å². The highest BCUT2D eigenvalue weighted by Crippen LogP contribution is 2.32. The minimum atomic E-state index is -3.51. The average molecular weight is 290 g/mol. The second-order valence-corrected chi connectivity index (χ2v) is 6.93. The molecular formula is C11H12ClNO4S. The molecule has 7 heteroatoms. The first kappa shape index (κ1) is 13.2. The van der Waals surface area contributed by atoms with E-state index in [0.717, 1.165) is 5.56 Å². The average Bonchev–Trinajstić information content (AvgIpc) is 2.31. The third-order valence-electron chi connectivity index (χ3n) is 2.74. The van der Waals surface area contributed by atoms with Crippen molar-refractivity contribution in [1.82, 2.24) is 0 Å². The Bertz CT molecular complexity index is 585. The maximum Gasteiger partial charge on any atom is 0.264 e. The van der Waals surface area contributed by atoms with Crippen LogP contribution in [0.25, 0.3) is 0 Å². The number of carbonyl (C=O) groups excluding carboxylic acids is 1. The summed E-state index contributed by atoms with van der Waals surface area (Å²) < 4.78 is 27.0. The van der Waals surface area contributed by atoms with Crippen molar-refractivity contribution < 1.29 is 17.9 Å². The van der Waals surface area contributed by atoms with E-state index in [2.05, 4.69) is 0 Å². The molecule has 0 aliphatic carbocycles. The van der Waals surface area contributed by atoms with Crippen molar-refractivity contribution in [3.63, 3.8) is 0 Å². The molecule has 0 aromatic heterocycles. The Balaban J connectivity index is 2.23. The van der Waals surface area contributed by atoms with E-state index >= 15 is 0 Å². The summed E-state index contributed by atoms with van der Waals surface area (Å²) in [6, 6.07) is 5.24. The first-order chi connectivity index (χ1) is 8.37. The number of anilines is 1. The highest BCUT2D eigenvalue weighted by molar-refractivity contribution is 8.13.